The summed E-state index contributed by atoms with van der Waals surface area (Å²) in [4.78, 5) is 34.7. The highest BCUT2D eigenvalue weighted by Gasteiger charge is 2.19. The molecule has 0 saturated heterocycles. The highest BCUT2D eigenvalue weighted by molar-refractivity contribution is 7.89. The number of rotatable bonds is 8. The Bertz CT molecular complexity index is 827. The van der Waals surface area contributed by atoms with Gasteiger partial charge < -0.3 is 15.4 Å². The van der Waals surface area contributed by atoms with Gasteiger partial charge in [-0.05, 0) is 18.2 Å². The van der Waals surface area contributed by atoms with E-state index in [1.807, 2.05) is 0 Å². The maximum Gasteiger partial charge on any atom is 0.325 e. The summed E-state index contributed by atoms with van der Waals surface area (Å²) >= 11 is 0. The first-order chi connectivity index (χ1) is 12.2. The van der Waals surface area contributed by atoms with Crippen molar-refractivity contribution in [2.24, 2.45) is 0 Å². The van der Waals surface area contributed by atoms with Crippen LogP contribution in [-0.2, 0) is 24.3 Å². The van der Waals surface area contributed by atoms with Crippen LogP contribution in [0.1, 0.15) is 10.4 Å². The van der Waals surface area contributed by atoms with E-state index in [4.69, 9.17) is 6.42 Å². The molecule has 1 aromatic rings. The smallest absolute Gasteiger partial charge is 0.325 e. The molecule has 0 heterocycles. The van der Waals surface area contributed by atoms with E-state index < -0.39 is 41.0 Å². The number of carbonyl (C=O) groups excluding carboxylic acids is 3. The molecule has 1 rings (SSSR count). The van der Waals surface area contributed by atoms with Gasteiger partial charge in [-0.2, -0.15) is 0 Å². The first-order valence-electron chi connectivity index (χ1n) is 7.35. The van der Waals surface area contributed by atoms with Crippen molar-refractivity contribution in [1.82, 2.24) is 14.9 Å². The predicted molar refractivity (Wildman–Crippen MR) is 92.4 cm³/mol. The number of hydrogen-bond donors (Lipinski definition) is 2. The first kappa shape index (κ1) is 21.1. The molecule has 0 aliphatic rings. The molecule has 0 radical (unpaired) electrons. The van der Waals surface area contributed by atoms with Crippen LogP contribution in [-0.4, -0.2) is 64.3 Å². The lowest BCUT2D eigenvalue weighted by Gasteiger charge is -2.12. The minimum atomic E-state index is -3.69. The lowest BCUT2D eigenvalue weighted by molar-refractivity contribution is -0.147. The Hall–Kier alpha value is -2.90. The number of terminal acetylenes is 1. The molecule has 140 valence electrons. The molecule has 0 unspecified atom stereocenters. The van der Waals surface area contributed by atoms with Crippen molar-refractivity contribution in [3.8, 4) is 12.3 Å². The van der Waals surface area contributed by atoms with E-state index in [0.717, 1.165) is 4.31 Å². The number of hydrogen-bond acceptors (Lipinski definition) is 6. The van der Waals surface area contributed by atoms with Gasteiger partial charge in [0.05, 0.1) is 11.4 Å². The van der Waals surface area contributed by atoms with Crippen LogP contribution in [0.15, 0.2) is 29.2 Å². The summed E-state index contributed by atoms with van der Waals surface area (Å²) < 4.78 is 29.8. The third kappa shape index (κ3) is 6.19. The predicted octanol–water partition coefficient (Wildman–Crippen LogP) is -1.04. The van der Waals surface area contributed by atoms with Gasteiger partial charge in [0.25, 0.3) is 11.8 Å². The Morgan fingerprint density at radius 3 is 2.54 bits per heavy atom. The largest absolute Gasteiger partial charge is 0.454 e. The van der Waals surface area contributed by atoms with E-state index in [1.165, 1.54) is 38.4 Å². The Kier molecular flexibility index (Phi) is 7.77. The van der Waals surface area contributed by atoms with Gasteiger partial charge in [-0.25, -0.2) is 12.7 Å². The van der Waals surface area contributed by atoms with Crippen LogP contribution in [0, 0.1) is 12.3 Å². The summed E-state index contributed by atoms with van der Waals surface area (Å²) in [7, 11) is -0.941. The molecule has 26 heavy (non-hydrogen) atoms. The zero-order chi connectivity index (χ0) is 19.7. The number of sulfonamides is 1. The van der Waals surface area contributed by atoms with Gasteiger partial charge in [0.1, 0.15) is 6.54 Å². The average molecular weight is 381 g/mol. The second-order valence-corrected chi connectivity index (χ2v) is 7.29. The molecule has 0 bridgehead atoms. The number of benzene rings is 1. The van der Waals surface area contributed by atoms with E-state index in [9.17, 15) is 22.8 Å². The number of ether oxygens (including phenoxy) is 1. The van der Waals surface area contributed by atoms with Crippen LogP contribution in [0.5, 0.6) is 0 Å². The summed E-state index contributed by atoms with van der Waals surface area (Å²) in [5, 5.41) is 4.59. The number of nitrogens with one attached hydrogen (secondary N) is 2. The maximum atomic E-state index is 12.1. The molecule has 0 aliphatic heterocycles. The normalized spacial score (nSPS) is 10.7. The quantitative estimate of drug-likeness (QED) is 0.438. The maximum absolute atomic E-state index is 12.1. The van der Waals surface area contributed by atoms with Gasteiger partial charge in [-0.15, -0.1) is 6.42 Å². The number of esters is 1. The molecule has 2 N–H and O–H groups in total. The van der Waals surface area contributed by atoms with Crippen LogP contribution >= 0.6 is 0 Å². The van der Waals surface area contributed by atoms with Crippen molar-refractivity contribution < 1.29 is 27.5 Å². The van der Waals surface area contributed by atoms with Gasteiger partial charge >= 0.3 is 5.97 Å². The van der Waals surface area contributed by atoms with Crippen molar-refractivity contribution in [2.45, 2.75) is 4.90 Å². The van der Waals surface area contributed by atoms with Crippen LogP contribution in [0.25, 0.3) is 0 Å². The molecule has 0 saturated carbocycles. The molecule has 0 atom stereocenters. The second kappa shape index (κ2) is 9.55. The SMILES string of the molecule is C#CCNC(=O)COC(=O)CNC(=O)c1cccc(S(=O)(=O)N(C)C)c1. The molecule has 1 aromatic carbocycles. The fraction of sp³-hybridized carbons (Fsp3) is 0.312. The fourth-order valence-corrected chi connectivity index (χ4v) is 2.61. The Balaban J connectivity index is 2.60. The topological polar surface area (TPSA) is 122 Å². The summed E-state index contributed by atoms with van der Waals surface area (Å²) in [5.41, 5.74) is 0.0625. The lowest BCUT2D eigenvalue weighted by atomic mass is 10.2. The number of nitrogens with zero attached hydrogens (tertiary/aromatic N) is 1. The van der Waals surface area contributed by atoms with Crippen LogP contribution in [0.4, 0.5) is 0 Å². The minimum absolute atomic E-state index is 0.0132. The lowest BCUT2D eigenvalue weighted by Crippen LogP contribution is -2.34. The van der Waals surface area contributed by atoms with Crippen molar-refractivity contribution in [3.63, 3.8) is 0 Å². The molecular weight excluding hydrogens is 362 g/mol. The van der Waals surface area contributed by atoms with Crippen LogP contribution < -0.4 is 10.6 Å². The Morgan fingerprint density at radius 1 is 1.23 bits per heavy atom. The van der Waals surface area contributed by atoms with E-state index in [2.05, 4.69) is 21.3 Å². The minimum Gasteiger partial charge on any atom is -0.454 e. The summed E-state index contributed by atoms with van der Waals surface area (Å²) in [5.74, 6) is 0.140. The first-order valence-corrected chi connectivity index (χ1v) is 8.79. The average Bonchev–Trinajstić information content (AvgIpc) is 2.62. The Morgan fingerprint density at radius 2 is 1.92 bits per heavy atom. The standard InChI is InChI=1S/C16H19N3O6S/c1-4-8-17-14(20)11-25-15(21)10-18-16(22)12-6-5-7-13(9-12)26(23,24)19(2)3/h1,5-7,9H,8,10-11H2,2-3H3,(H,17,20)(H,18,22). The van der Waals surface area contributed by atoms with Crippen LogP contribution in [0.3, 0.4) is 0 Å². The van der Waals surface area contributed by atoms with Crippen LogP contribution in [0.2, 0.25) is 0 Å². The van der Waals surface area contributed by atoms with Gasteiger partial charge in [0.2, 0.25) is 10.0 Å². The summed E-state index contributed by atoms with van der Waals surface area (Å²) in [6, 6.07) is 5.38. The van der Waals surface area contributed by atoms with Gasteiger partial charge in [-0.1, -0.05) is 12.0 Å². The molecule has 0 aliphatic carbocycles. The van der Waals surface area contributed by atoms with E-state index >= 15 is 0 Å². The van der Waals surface area contributed by atoms with Crippen molar-refractivity contribution >= 4 is 27.8 Å². The Labute approximate surface area is 151 Å². The van der Waals surface area contributed by atoms with E-state index in [0.29, 0.717) is 0 Å². The highest BCUT2D eigenvalue weighted by Crippen LogP contribution is 2.14. The van der Waals surface area contributed by atoms with E-state index in [1.54, 1.807) is 0 Å². The highest BCUT2D eigenvalue weighted by atomic mass is 32.2. The van der Waals surface area contributed by atoms with Gasteiger partial charge in [-0.3, -0.25) is 14.4 Å². The molecule has 0 spiro atoms. The zero-order valence-electron chi connectivity index (χ0n) is 14.3. The molecule has 2 amide bonds. The fourth-order valence-electron chi connectivity index (χ4n) is 1.66. The summed E-state index contributed by atoms with van der Waals surface area (Å²) in [6.45, 7) is -0.988. The molecule has 9 nitrogen and oxygen atoms in total. The van der Waals surface area contributed by atoms with Crippen molar-refractivity contribution in [1.29, 1.82) is 0 Å². The molecular formula is C16H19N3O6S. The third-order valence-electron chi connectivity index (χ3n) is 3.02. The zero-order valence-corrected chi connectivity index (χ0v) is 15.1. The van der Waals surface area contributed by atoms with E-state index in [-0.39, 0.29) is 17.0 Å². The number of carbonyl (C=O) groups is 3. The van der Waals surface area contributed by atoms with Crippen molar-refractivity contribution in [3.05, 3.63) is 29.8 Å². The third-order valence-corrected chi connectivity index (χ3v) is 4.83. The molecule has 10 heteroatoms. The monoisotopic (exact) mass is 381 g/mol. The molecule has 0 fully saturated rings. The van der Waals surface area contributed by atoms with Crippen molar-refractivity contribution in [2.75, 3.05) is 33.8 Å². The van der Waals surface area contributed by atoms with Gasteiger partial charge in [0.15, 0.2) is 6.61 Å². The second-order valence-electron chi connectivity index (χ2n) is 5.14. The molecule has 0 aromatic heterocycles. The summed E-state index contributed by atoms with van der Waals surface area (Å²) in [6.07, 6.45) is 4.96. The number of amides is 2. The van der Waals surface area contributed by atoms with Gasteiger partial charge in [0, 0.05) is 19.7 Å².